The average molecular weight is 319 g/mol. The van der Waals surface area contributed by atoms with E-state index in [1.807, 2.05) is 0 Å². The van der Waals surface area contributed by atoms with Crippen molar-refractivity contribution in [1.29, 1.82) is 0 Å². The molecule has 0 aromatic carbocycles. The molecule has 0 saturated carbocycles. The van der Waals surface area contributed by atoms with E-state index in [2.05, 4.69) is 12.2 Å². The Balaban J connectivity index is 2.11. The van der Waals surface area contributed by atoms with Crippen LogP contribution in [0.4, 0.5) is 0 Å². The van der Waals surface area contributed by atoms with Crippen molar-refractivity contribution in [2.24, 2.45) is 0 Å². The van der Waals surface area contributed by atoms with E-state index in [1.165, 1.54) is 32.1 Å². The Morgan fingerprint density at radius 3 is 2.05 bits per heavy atom. The van der Waals surface area contributed by atoms with Crippen LogP contribution in [0.1, 0.15) is 51.9 Å². The lowest BCUT2D eigenvalue weighted by molar-refractivity contribution is -0.129. The Bertz CT molecular complexity index is 277. The Morgan fingerprint density at radius 2 is 1.41 bits per heavy atom. The van der Waals surface area contributed by atoms with Gasteiger partial charge in [-0.25, -0.2) is 0 Å². The van der Waals surface area contributed by atoms with Gasteiger partial charge in [-0.15, -0.1) is 0 Å². The first-order chi connectivity index (χ1) is 10.6. The van der Waals surface area contributed by atoms with Crippen LogP contribution in [0.5, 0.6) is 0 Å². The quantitative estimate of drug-likeness (QED) is 0.348. The summed E-state index contributed by atoms with van der Waals surface area (Å²) in [5, 5.41) is 41.4. The molecule has 22 heavy (non-hydrogen) atoms. The van der Waals surface area contributed by atoms with Gasteiger partial charge in [0.15, 0.2) is 0 Å². The van der Waals surface area contributed by atoms with Crippen LogP contribution >= 0.6 is 0 Å². The van der Waals surface area contributed by atoms with Crippen molar-refractivity contribution in [3.8, 4) is 0 Å². The fourth-order valence-electron chi connectivity index (χ4n) is 2.83. The highest BCUT2D eigenvalue weighted by atomic mass is 16.5. The third-order valence-electron chi connectivity index (χ3n) is 4.34. The molecule has 6 nitrogen and oxygen atoms in total. The maximum atomic E-state index is 9.91. The zero-order valence-electron chi connectivity index (χ0n) is 13.7. The van der Waals surface area contributed by atoms with Crippen molar-refractivity contribution in [3.63, 3.8) is 0 Å². The van der Waals surface area contributed by atoms with Crippen molar-refractivity contribution in [2.75, 3.05) is 19.8 Å². The van der Waals surface area contributed by atoms with Crippen molar-refractivity contribution < 1.29 is 25.2 Å². The van der Waals surface area contributed by atoms with Gasteiger partial charge in [0.25, 0.3) is 0 Å². The summed E-state index contributed by atoms with van der Waals surface area (Å²) in [6.07, 6.45) is 4.99. The molecular formula is C16H33NO5. The van der Waals surface area contributed by atoms with Crippen LogP contribution in [-0.2, 0) is 4.74 Å². The summed E-state index contributed by atoms with van der Waals surface area (Å²) < 4.78 is 5.55. The third kappa shape index (κ3) is 6.48. The minimum Gasteiger partial charge on any atom is -0.395 e. The second-order valence-corrected chi connectivity index (χ2v) is 6.23. The molecule has 1 fully saturated rings. The largest absolute Gasteiger partial charge is 0.395 e. The van der Waals surface area contributed by atoms with E-state index in [0.717, 1.165) is 12.8 Å². The minimum atomic E-state index is -1.26. The van der Waals surface area contributed by atoms with E-state index in [-0.39, 0.29) is 13.2 Å². The van der Waals surface area contributed by atoms with Gasteiger partial charge in [-0.3, -0.25) is 0 Å². The molecule has 1 aliphatic rings. The molecule has 0 spiro atoms. The highest BCUT2D eigenvalue weighted by molar-refractivity contribution is 4.97. The van der Waals surface area contributed by atoms with E-state index in [1.54, 1.807) is 0 Å². The first-order valence-corrected chi connectivity index (χ1v) is 8.60. The molecule has 0 bridgehead atoms. The van der Waals surface area contributed by atoms with Crippen LogP contribution in [0.2, 0.25) is 0 Å². The lowest BCUT2D eigenvalue weighted by Gasteiger charge is -2.40. The van der Waals surface area contributed by atoms with Gasteiger partial charge in [0, 0.05) is 6.61 Å². The molecule has 1 aliphatic heterocycles. The van der Waals surface area contributed by atoms with Crippen molar-refractivity contribution in [2.45, 2.75) is 82.3 Å². The van der Waals surface area contributed by atoms with Crippen molar-refractivity contribution in [3.05, 3.63) is 0 Å². The summed E-state index contributed by atoms with van der Waals surface area (Å²) in [7, 11) is 0. The summed E-state index contributed by atoms with van der Waals surface area (Å²) in [6.45, 7) is 2.80. The van der Waals surface area contributed by atoms with Gasteiger partial charge >= 0.3 is 0 Å². The molecule has 0 radical (unpaired) electrons. The van der Waals surface area contributed by atoms with Crippen LogP contribution in [0.15, 0.2) is 0 Å². The Morgan fingerprint density at radius 1 is 0.818 bits per heavy atom. The smallest absolute Gasteiger partial charge is 0.109 e. The molecule has 5 atom stereocenters. The zero-order valence-corrected chi connectivity index (χ0v) is 13.7. The number of ether oxygens (including phenoxy) is 1. The van der Waals surface area contributed by atoms with E-state index in [4.69, 9.17) is 9.84 Å². The summed E-state index contributed by atoms with van der Waals surface area (Å²) in [6, 6.07) is -1.11. The molecule has 132 valence electrons. The molecule has 5 N–H and O–H groups in total. The topological polar surface area (TPSA) is 102 Å². The molecule has 0 aliphatic carbocycles. The number of rotatable bonds is 11. The molecule has 0 aromatic rings. The van der Waals surface area contributed by atoms with E-state index in [0.29, 0.717) is 6.61 Å². The number of hydrogen-bond acceptors (Lipinski definition) is 6. The first-order valence-electron chi connectivity index (χ1n) is 8.60. The van der Waals surface area contributed by atoms with Crippen LogP contribution in [0, 0.1) is 0 Å². The second kappa shape index (κ2) is 11.3. The summed E-state index contributed by atoms with van der Waals surface area (Å²) in [5.74, 6) is 0. The Kier molecular flexibility index (Phi) is 10.2. The third-order valence-corrected chi connectivity index (χ3v) is 4.34. The monoisotopic (exact) mass is 319 g/mol. The molecule has 0 aromatic heterocycles. The van der Waals surface area contributed by atoms with Crippen LogP contribution in [-0.4, -0.2) is 70.6 Å². The fraction of sp³-hybridized carbons (Fsp3) is 1.00. The molecule has 1 unspecified atom stereocenters. The number of nitrogens with one attached hydrogen (secondary N) is 1. The predicted molar refractivity (Wildman–Crippen MR) is 84.6 cm³/mol. The van der Waals surface area contributed by atoms with Gasteiger partial charge in [0.05, 0.1) is 37.5 Å². The average Bonchev–Trinajstić information content (AvgIpc) is 2.53. The predicted octanol–water partition coefficient (Wildman–Crippen LogP) is 0.169. The lowest BCUT2D eigenvalue weighted by atomic mass is 9.91. The number of unbranched alkanes of at least 4 members (excludes halogenated alkanes) is 6. The standard InChI is InChI=1S/C16H33NO5/c1-2-3-4-5-6-7-8-9-22-11-13-15(20)16(21)14(19)12(10-18)17-13/h12-21H,2-11H2,1H3/t12-,13?,14+,15+,16+/m1/s1. The van der Waals surface area contributed by atoms with Crippen molar-refractivity contribution >= 4 is 0 Å². The Hall–Kier alpha value is -0.240. The van der Waals surface area contributed by atoms with Gasteiger partial charge in [0.1, 0.15) is 6.10 Å². The molecule has 1 rings (SSSR count). The Labute approximate surface area is 133 Å². The van der Waals surface area contributed by atoms with E-state index >= 15 is 0 Å². The van der Waals surface area contributed by atoms with Gasteiger partial charge in [0.2, 0.25) is 0 Å². The number of aliphatic hydroxyl groups is 4. The highest BCUT2D eigenvalue weighted by Gasteiger charge is 2.41. The second-order valence-electron chi connectivity index (χ2n) is 6.23. The maximum Gasteiger partial charge on any atom is 0.109 e. The highest BCUT2D eigenvalue weighted by Crippen LogP contribution is 2.16. The summed E-state index contributed by atoms with van der Waals surface area (Å²) in [4.78, 5) is 0. The fourth-order valence-corrected chi connectivity index (χ4v) is 2.83. The molecule has 1 saturated heterocycles. The van der Waals surface area contributed by atoms with Crippen molar-refractivity contribution in [1.82, 2.24) is 5.32 Å². The van der Waals surface area contributed by atoms with Crippen LogP contribution < -0.4 is 5.32 Å². The molecule has 6 heteroatoms. The SMILES string of the molecule is CCCCCCCCCOCC1N[C@H](CO)[C@H](O)[C@H](O)[C@H]1O. The van der Waals surface area contributed by atoms with E-state index in [9.17, 15) is 15.3 Å². The van der Waals surface area contributed by atoms with E-state index < -0.39 is 30.4 Å². The van der Waals surface area contributed by atoms with Gasteiger partial charge in [-0.05, 0) is 6.42 Å². The van der Waals surface area contributed by atoms with Gasteiger partial charge in [-0.1, -0.05) is 45.4 Å². The van der Waals surface area contributed by atoms with Crippen LogP contribution in [0.3, 0.4) is 0 Å². The van der Waals surface area contributed by atoms with Gasteiger partial charge < -0.3 is 30.5 Å². The normalized spacial score (nSPS) is 32.3. The summed E-state index contributed by atoms with van der Waals surface area (Å²) in [5.41, 5.74) is 0. The number of hydrogen-bond donors (Lipinski definition) is 5. The number of aliphatic hydroxyl groups excluding tert-OH is 4. The molecule has 1 heterocycles. The maximum absolute atomic E-state index is 9.91. The summed E-state index contributed by atoms with van der Waals surface area (Å²) >= 11 is 0. The zero-order chi connectivity index (χ0) is 16.4. The number of piperidine rings is 1. The van der Waals surface area contributed by atoms with Gasteiger partial charge in [-0.2, -0.15) is 0 Å². The minimum absolute atomic E-state index is 0.261. The first kappa shape index (κ1) is 19.8. The van der Waals surface area contributed by atoms with Crippen LogP contribution in [0.25, 0.3) is 0 Å². The molecular weight excluding hydrogens is 286 g/mol. The molecule has 0 amide bonds. The lowest BCUT2D eigenvalue weighted by Crippen LogP contribution is -2.67.